The number of ether oxygens (including phenoxy) is 1. The van der Waals surface area contributed by atoms with E-state index >= 15 is 0 Å². The van der Waals surface area contributed by atoms with Gasteiger partial charge in [-0.1, -0.05) is 47.2 Å². The molecule has 0 bridgehead atoms. The lowest BCUT2D eigenvalue weighted by atomic mass is 10.1. The van der Waals surface area contributed by atoms with Gasteiger partial charge in [-0.25, -0.2) is 19.9 Å². The third kappa shape index (κ3) is 7.12. The van der Waals surface area contributed by atoms with Crippen molar-refractivity contribution in [2.45, 2.75) is 20.4 Å². The largest absolute Gasteiger partial charge is 0.497 e. The minimum atomic E-state index is -0.205. The Hall–Kier alpha value is -4.58. The van der Waals surface area contributed by atoms with E-state index in [1.807, 2.05) is 74.6 Å². The molecule has 10 nitrogen and oxygen atoms in total. The number of pyridine rings is 1. The highest BCUT2D eigenvalue weighted by Crippen LogP contribution is 2.34. The van der Waals surface area contributed by atoms with E-state index < -0.39 is 0 Å². The number of nitrogens with one attached hydrogen (secondary N) is 1. The van der Waals surface area contributed by atoms with Gasteiger partial charge in [0.2, 0.25) is 0 Å². The molecule has 0 radical (unpaired) electrons. The van der Waals surface area contributed by atoms with Crippen LogP contribution in [0.1, 0.15) is 26.6 Å². The SMILES string of the molecule is COc1ccc(CN(C(=O)c2cnc(Nc3cc(-c4ccc(N5CCN(C)CC5)nc4)nc(C)n3)s2)c2c(C)cccc2Cl)cc1. The highest BCUT2D eigenvalue weighted by atomic mass is 35.5. The van der Waals surface area contributed by atoms with Crippen molar-refractivity contribution in [3.63, 3.8) is 0 Å². The number of hydrogen-bond acceptors (Lipinski definition) is 10. The zero-order valence-corrected chi connectivity index (χ0v) is 27.8. The van der Waals surface area contributed by atoms with Crippen molar-refractivity contribution in [3.8, 4) is 17.0 Å². The lowest BCUT2D eigenvalue weighted by Gasteiger charge is -2.33. The van der Waals surface area contributed by atoms with Crippen LogP contribution in [0.5, 0.6) is 5.75 Å². The van der Waals surface area contributed by atoms with Crippen LogP contribution >= 0.6 is 22.9 Å². The summed E-state index contributed by atoms with van der Waals surface area (Å²) in [6.07, 6.45) is 3.44. The summed E-state index contributed by atoms with van der Waals surface area (Å²) in [5, 5.41) is 4.31. The summed E-state index contributed by atoms with van der Waals surface area (Å²) in [7, 11) is 3.77. The van der Waals surface area contributed by atoms with Crippen LogP contribution in [0.3, 0.4) is 0 Å². The Morgan fingerprint density at radius 1 is 1.00 bits per heavy atom. The molecule has 1 aliphatic rings. The predicted molar refractivity (Wildman–Crippen MR) is 185 cm³/mol. The zero-order valence-electron chi connectivity index (χ0n) is 26.2. The zero-order chi connectivity index (χ0) is 32.2. The number of aromatic nitrogens is 4. The average molecular weight is 655 g/mol. The van der Waals surface area contributed by atoms with E-state index in [0.717, 1.165) is 60.1 Å². The summed E-state index contributed by atoms with van der Waals surface area (Å²) >= 11 is 7.91. The monoisotopic (exact) mass is 654 g/mol. The summed E-state index contributed by atoms with van der Waals surface area (Å²) in [4.78, 5) is 39.3. The van der Waals surface area contributed by atoms with E-state index in [2.05, 4.69) is 37.1 Å². The first-order valence-electron chi connectivity index (χ1n) is 15.0. The number of hydrogen-bond donors (Lipinski definition) is 1. The summed E-state index contributed by atoms with van der Waals surface area (Å²) in [6, 6.07) is 19.2. The maximum absolute atomic E-state index is 14.0. The third-order valence-electron chi connectivity index (χ3n) is 7.86. The number of thiazole rings is 1. The normalized spacial score (nSPS) is 13.5. The molecule has 1 fully saturated rings. The quantitative estimate of drug-likeness (QED) is 0.188. The standard InChI is InChI=1S/C34H35ClN8O2S/c1-22-6-5-7-27(35)32(22)43(21-24-8-11-26(45-4)12-9-24)33(44)29-20-37-34(46-29)40-30-18-28(38-23(2)39-30)25-10-13-31(36-19-25)42-16-14-41(3)15-17-42/h5-13,18-20H,14-17,21H2,1-4H3,(H,37,38,39,40). The lowest BCUT2D eigenvalue weighted by molar-refractivity contribution is 0.0988. The Morgan fingerprint density at radius 3 is 2.48 bits per heavy atom. The van der Waals surface area contributed by atoms with Crippen molar-refractivity contribution in [3.05, 3.63) is 99.9 Å². The maximum atomic E-state index is 14.0. The second-order valence-corrected chi connectivity index (χ2v) is 12.6. The molecule has 1 saturated heterocycles. The second kappa shape index (κ2) is 13.8. The number of rotatable bonds is 9. The number of benzene rings is 2. The van der Waals surface area contributed by atoms with E-state index in [1.54, 1.807) is 24.3 Å². The third-order valence-corrected chi connectivity index (χ3v) is 9.07. The van der Waals surface area contributed by atoms with Crippen LogP contribution in [-0.4, -0.2) is 71.1 Å². The number of aryl methyl sites for hydroxylation is 2. The Kier molecular flexibility index (Phi) is 9.43. The van der Waals surface area contributed by atoms with Gasteiger partial charge in [0, 0.05) is 44.0 Å². The number of amides is 1. The molecule has 3 aromatic heterocycles. The van der Waals surface area contributed by atoms with Gasteiger partial charge in [-0.3, -0.25) is 4.79 Å². The number of anilines is 4. The fourth-order valence-corrected chi connectivity index (χ4v) is 6.44. The van der Waals surface area contributed by atoms with Gasteiger partial charge in [-0.15, -0.1) is 0 Å². The predicted octanol–water partition coefficient (Wildman–Crippen LogP) is 6.62. The number of para-hydroxylation sites is 1. The first kappa shape index (κ1) is 31.4. The van der Waals surface area contributed by atoms with Gasteiger partial charge in [-0.05, 0) is 62.4 Å². The fourth-order valence-electron chi connectivity index (χ4n) is 5.34. The lowest BCUT2D eigenvalue weighted by Crippen LogP contribution is -2.44. The first-order chi connectivity index (χ1) is 22.3. The highest BCUT2D eigenvalue weighted by molar-refractivity contribution is 7.17. The molecule has 0 unspecified atom stereocenters. The minimum Gasteiger partial charge on any atom is -0.497 e. The van der Waals surface area contributed by atoms with E-state index in [9.17, 15) is 4.79 Å². The number of likely N-dealkylation sites (N-methyl/N-ethyl adjacent to an activating group) is 1. The van der Waals surface area contributed by atoms with Crippen LogP contribution in [-0.2, 0) is 6.54 Å². The maximum Gasteiger partial charge on any atom is 0.270 e. The molecule has 0 aliphatic carbocycles. The van der Waals surface area contributed by atoms with Crippen LogP contribution < -0.4 is 19.9 Å². The van der Waals surface area contributed by atoms with Gasteiger partial charge in [0.1, 0.15) is 28.1 Å². The van der Waals surface area contributed by atoms with Crippen molar-refractivity contribution in [1.82, 2.24) is 24.8 Å². The minimum absolute atomic E-state index is 0.205. The summed E-state index contributed by atoms with van der Waals surface area (Å²) in [5.41, 5.74) is 4.14. The molecule has 46 heavy (non-hydrogen) atoms. The molecule has 0 atom stereocenters. The number of carbonyl (C=O) groups is 1. The van der Waals surface area contributed by atoms with Crippen LogP contribution in [0.2, 0.25) is 5.02 Å². The number of nitrogens with zero attached hydrogens (tertiary/aromatic N) is 7. The van der Waals surface area contributed by atoms with Crippen LogP contribution in [0, 0.1) is 13.8 Å². The van der Waals surface area contributed by atoms with Gasteiger partial charge in [-0.2, -0.15) is 0 Å². The summed E-state index contributed by atoms with van der Waals surface area (Å²) in [6.45, 7) is 8.07. The van der Waals surface area contributed by atoms with Gasteiger partial charge >= 0.3 is 0 Å². The van der Waals surface area contributed by atoms with E-state index in [-0.39, 0.29) is 5.91 Å². The van der Waals surface area contributed by atoms with Crippen LogP contribution in [0.25, 0.3) is 11.3 Å². The molecular formula is C34H35ClN8O2S. The molecule has 5 aromatic rings. The Morgan fingerprint density at radius 2 is 1.78 bits per heavy atom. The number of piperazine rings is 1. The van der Waals surface area contributed by atoms with Gasteiger partial charge < -0.3 is 24.8 Å². The van der Waals surface area contributed by atoms with Gasteiger partial charge in [0.25, 0.3) is 5.91 Å². The second-order valence-electron chi connectivity index (χ2n) is 11.2. The number of halogens is 1. The molecule has 0 spiro atoms. The molecular weight excluding hydrogens is 620 g/mol. The highest BCUT2D eigenvalue weighted by Gasteiger charge is 2.24. The molecule has 4 heterocycles. The number of methoxy groups -OCH3 is 1. The smallest absolute Gasteiger partial charge is 0.270 e. The van der Waals surface area contributed by atoms with Gasteiger partial charge in [0.15, 0.2) is 5.13 Å². The Bertz CT molecular complexity index is 1800. The molecule has 1 N–H and O–H groups in total. The van der Waals surface area contributed by atoms with Crippen molar-refractivity contribution < 1.29 is 9.53 Å². The molecule has 1 amide bonds. The molecule has 1 aliphatic heterocycles. The van der Waals surface area contributed by atoms with E-state index in [1.165, 1.54) is 11.3 Å². The van der Waals surface area contributed by atoms with E-state index in [0.29, 0.717) is 38.9 Å². The van der Waals surface area contributed by atoms with Crippen molar-refractivity contribution in [2.75, 3.05) is 55.5 Å². The first-order valence-corrected chi connectivity index (χ1v) is 16.1. The Balaban J connectivity index is 1.21. The van der Waals surface area contributed by atoms with Crippen molar-refractivity contribution >= 4 is 51.3 Å². The molecule has 6 rings (SSSR count). The molecule has 0 saturated carbocycles. The molecule has 12 heteroatoms. The molecule has 2 aromatic carbocycles. The molecule has 236 valence electrons. The van der Waals surface area contributed by atoms with Crippen molar-refractivity contribution in [1.29, 1.82) is 0 Å². The average Bonchev–Trinajstić information content (AvgIpc) is 3.52. The van der Waals surface area contributed by atoms with Crippen LogP contribution in [0.15, 0.2) is 73.1 Å². The Labute approximate surface area is 277 Å². The van der Waals surface area contributed by atoms with E-state index in [4.69, 9.17) is 21.3 Å². The summed E-state index contributed by atoms with van der Waals surface area (Å²) in [5.74, 6) is 2.69. The summed E-state index contributed by atoms with van der Waals surface area (Å²) < 4.78 is 5.31. The van der Waals surface area contributed by atoms with Gasteiger partial charge in [0.05, 0.1) is 36.3 Å². The van der Waals surface area contributed by atoms with Crippen molar-refractivity contribution in [2.24, 2.45) is 0 Å². The topological polar surface area (TPSA) is 99.6 Å². The van der Waals surface area contributed by atoms with Crippen LogP contribution in [0.4, 0.5) is 22.5 Å². The fraction of sp³-hybridized carbons (Fsp3) is 0.265. The number of carbonyl (C=O) groups excluding carboxylic acids is 1.